The van der Waals surface area contributed by atoms with Crippen LogP contribution in [0.5, 0.6) is 5.75 Å². The number of hydrogen-bond donors (Lipinski definition) is 1. The molecule has 3 heterocycles. The molecule has 9 nitrogen and oxygen atoms in total. The van der Waals surface area contributed by atoms with Crippen LogP contribution in [-0.4, -0.2) is 37.3 Å². The number of aryl methyl sites for hydroxylation is 1. The highest BCUT2D eigenvalue weighted by Gasteiger charge is 2.18. The van der Waals surface area contributed by atoms with Crippen molar-refractivity contribution >= 4 is 11.6 Å². The summed E-state index contributed by atoms with van der Waals surface area (Å²) in [6, 6.07) is 17.1. The van der Waals surface area contributed by atoms with E-state index in [1.54, 1.807) is 41.2 Å². The Labute approximate surface area is 182 Å². The van der Waals surface area contributed by atoms with Crippen LogP contribution in [0.4, 0.5) is 0 Å². The van der Waals surface area contributed by atoms with E-state index in [0.29, 0.717) is 28.7 Å². The number of ether oxygens (including phenoxy) is 1. The van der Waals surface area contributed by atoms with Crippen molar-refractivity contribution in [3.8, 4) is 39.8 Å². The molecule has 0 fully saturated rings. The molecule has 0 unspecified atom stereocenters. The van der Waals surface area contributed by atoms with Gasteiger partial charge in [-0.3, -0.25) is 4.79 Å². The smallest absolute Gasteiger partial charge is 0.263 e. The van der Waals surface area contributed by atoms with E-state index in [0.717, 1.165) is 16.8 Å². The second-order valence-corrected chi connectivity index (χ2v) is 7.19. The number of aromatic nitrogens is 5. The molecular formula is C23H18N6O3. The molecule has 5 aromatic rings. The van der Waals surface area contributed by atoms with Gasteiger partial charge in [0.25, 0.3) is 11.8 Å². The topological polar surface area (TPSA) is 121 Å². The summed E-state index contributed by atoms with van der Waals surface area (Å²) in [4.78, 5) is 19.8. The third-order valence-corrected chi connectivity index (χ3v) is 4.90. The maximum Gasteiger partial charge on any atom is 0.263 e. The SMILES string of the molecule is Cc1ccc(-c2ccnc3c(-c4nc(-c5ccc(OCC(N)=O)cc5)no4)cnn23)cc1. The standard InChI is InChI=1S/C23H18N6O3/c1-14-2-4-15(5-3-14)19-10-11-25-22-18(12-26-29(19)22)23-27-21(28-32-23)16-6-8-17(9-7-16)31-13-20(24)30/h2-12H,13H2,1H3,(H2,24,30). The lowest BCUT2D eigenvalue weighted by Gasteiger charge is -2.05. The van der Waals surface area contributed by atoms with Gasteiger partial charge in [-0.05, 0) is 37.3 Å². The van der Waals surface area contributed by atoms with Gasteiger partial charge in [0.05, 0.1) is 11.9 Å². The molecule has 1 amide bonds. The van der Waals surface area contributed by atoms with Crippen LogP contribution in [0.3, 0.4) is 0 Å². The predicted molar refractivity (Wildman–Crippen MR) is 117 cm³/mol. The van der Waals surface area contributed by atoms with Crippen molar-refractivity contribution in [2.24, 2.45) is 5.73 Å². The van der Waals surface area contributed by atoms with Gasteiger partial charge >= 0.3 is 0 Å². The van der Waals surface area contributed by atoms with Crippen molar-refractivity contribution < 1.29 is 14.1 Å². The molecule has 32 heavy (non-hydrogen) atoms. The lowest BCUT2D eigenvalue weighted by Crippen LogP contribution is -2.19. The second kappa shape index (κ2) is 7.95. The first-order chi connectivity index (χ1) is 15.6. The van der Waals surface area contributed by atoms with Gasteiger partial charge in [-0.25, -0.2) is 9.50 Å². The fourth-order valence-electron chi connectivity index (χ4n) is 3.29. The average molecular weight is 426 g/mol. The zero-order chi connectivity index (χ0) is 22.1. The highest BCUT2D eigenvalue weighted by molar-refractivity contribution is 5.76. The summed E-state index contributed by atoms with van der Waals surface area (Å²) in [6.45, 7) is 1.87. The van der Waals surface area contributed by atoms with Crippen LogP contribution in [0, 0.1) is 6.92 Å². The van der Waals surface area contributed by atoms with Crippen molar-refractivity contribution in [3.63, 3.8) is 0 Å². The summed E-state index contributed by atoms with van der Waals surface area (Å²) in [5.74, 6) is 0.712. The van der Waals surface area contributed by atoms with Crippen molar-refractivity contribution in [2.75, 3.05) is 6.61 Å². The van der Waals surface area contributed by atoms with Gasteiger partial charge < -0.3 is 15.0 Å². The highest BCUT2D eigenvalue weighted by Crippen LogP contribution is 2.28. The number of nitrogens with zero attached hydrogens (tertiary/aromatic N) is 5. The number of carbonyl (C=O) groups is 1. The first-order valence-corrected chi connectivity index (χ1v) is 9.84. The summed E-state index contributed by atoms with van der Waals surface area (Å²) in [6.07, 6.45) is 3.40. The molecule has 0 saturated carbocycles. The molecule has 0 aliphatic rings. The summed E-state index contributed by atoms with van der Waals surface area (Å²) in [7, 11) is 0. The Bertz CT molecular complexity index is 1400. The van der Waals surface area contributed by atoms with Crippen molar-refractivity contribution in [3.05, 3.63) is 72.6 Å². The molecule has 0 bridgehead atoms. The molecule has 158 valence electrons. The molecule has 2 N–H and O–H groups in total. The maximum atomic E-state index is 10.8. The van der Waals surface area contributed by atoms with E-state index < -0.39 is 5.91 Å². The monoisotopic (exact) mass is 426 g/mol. The molecule has 5 rings (SSSR count). The number of amides is 1. The van der Waals surface area contributed by atoms with E-state index in [-0.39, 0.29) is 6.61 Å². The van der Waals surface area contributed by atoms with Gasteiger partial charge in [0, 0.05) is 17.3 Å². The molecule has 2 aromatic carbocycles. The lowest BCUT2D eigenvalue weighted by atomic mass is 10.1. The van der Waals surface area contributed by atoms with E-state index >= 15 is 0 Å². The van der Waals surface area contributed by atoms with E-state index in [1.165, 1.54) is 5.56 Å². The molecule has 0 atom stereocenters. The van der Waals surface area contributed by atoms with Crippen LogP contribution in [0.1, 0.15) is 5.56 Å². The average Bonchev–Trinajstić information content (AvgIpc) is 3.46. The number of rotatable bonds is 6. The molecule has 0 saturated heterocycles. The number of primary amides is 1. The second-order valence-electron chi connectivity index (χ2n) is 7.19. The van der Waals surface area contributed by atoms with E-state index in [9.17, 15) is 4.79 Å². The summed E-state index contributed by atoms with van der Waals surface area (Å²) in [5.41, 5.74) is 10.2. The third kappa shape index (κ3) is 3.67. The van der Waals surface area contributed by atoms with Gasteiger partial charge in [0.1, 0.15) is 11.3 Å². The minimum absolute atomic E-state index is 0.183. The van der Waals surface area contributed by atoms with Gasteiger partial charge in [-0.15, -0.1) is 0 Å². The Morgan fingerprint density at radius 2 is 1.81 bits per heavy atom. The predicted octanol–water partition coefficient (Wildman–Crippen LogP) is 3.29. The van der Waals surface area contributed by atoms with Crippen LogP contribution in [-0.2, 0) is 4.79 Å². The Morgan fingerprint density at radius 1 is 1.06 bits per heavy atom. The number of benzene rings is 2. The zero-order valence-corrected chi connectivity index (χ0v) is 17.1. The van der Waals surface area contributed by atoms with Crippen LogP contribution in [0.25, 0.3) is 39.7 Å². The van der Waals surface area contributed by atoms with Crippen LogP contribution in [0.2, 0.25) is 0 Å². The molecule has 0 radical (unpaired) electrons. The van der Waals surface area contributed by atoms with Crippen LogP contribution < -0.4 is 10.5 Å². The minimum atomic E-state index is -0.538. The number of nitrogens with two attached hydrogens (primary N) is 1. The summed E-state index contributed by atoms with van der Waals surface area (Å²) < 4.78 is 12.5. The largest absolute Gasteiger partial charge is 0.484 e. The molecule has 0 aliphatic heterocycles. The number of carbonyl (C=O) groups excluding carboxylic acids is 1. The van der Waals surface area contributed by atoms with Crippen LogP contribution >= 0.6 is 0 Å². The van der Waals surface area contributed by atoms with Crippen molar-refractivity contribution in [1.29, 1.82) is 0 Å². The van der Waals surface area contributed by atoms with Gasteiger partial charge in [-0.2, -0.15) is 10.1 Å². The third-order valence-electron chi connectivity index (χ3n) is 4.90. The molecule has 3 aromatic heterocycles. The number of hydrogen-bond acceptors (Lipinski definition) is 7. The Hall–Kier alpha value is -4.53. The first-order valence-electron chi connectivity index (χ1n) is 9.84. The Balaban J connectivity index is 1.45. The fraction of sp³-hybridized carbons (Fsp3) is 0.0870. The summed E-state index contributed by atoms with van der Waals surface area (Å²) >= 11 is 0. The van der Waals surface area contributed by atoms with Gasteiger partial charge in [0.15, 0.2) is 12.3 Å². The molecule has 9 heteroatoms. The Kier molecular flexibility index (Phi) is 4.83. The zero-order valence-electron chi connectivity index (χ0n) is 17.1. The fourth-order valence-corrected chi connectivity index (χ4v) is 3.29. The molecule has 0 aliphatic carbocycles. The maximum absolute atomic E-state index is 10.8. The lowest BCUT2D eigenvalue weighted by molar-refractivity contribution is -0.119. The minimum Gasteiger partial charge on any atom is -0.484 e. The van der Waals surface area contributed by atoms with Gasteiger partial charge in [0.2, 0.25) is 5.82 Å². The van der Waals surface area contributed by atoms with E-state index in [4.69, 9.17) is 15.0 Å². The molecule has 0 spiro atoms. The molecular weight excluding hydrogens is 408 g/mol. The number of fused-ring (bicyclic) bond motifs is 1. The van der Waals surface area contributed by atoms with Crippen molar-refractivity contribution in [2.45, 2.75) is 6.92 Å². The first kappa shape index (κ1) is 19.4. The Morgan fingerprint density at radius 3 is 2.56 bits per heavy atom. The quantitative estimate of drug-likeness (QED) is 0.442. The van der Waals surface area contributed by atoms with Crippen molar-refractivity contribution in [1.82, 2.24) is 24.7 Å². The van der Waals surface area contributed by atoms with Crippen LogP contribution in [0.15, 0.2) is 71.5 Å². The highest BCUT2D eigenvalue weighted by atomic mass is 16.5. The normalized spacial score (nSPS) is 11.0. The van der Waals surface area contributed by atoms with E-state index in [1.807, 2.05) is 25.1 Å². The summed E-state index contributed by atoms with van der Waals surface area (Å²) in [5, 5.41) is 8.57. The van der Waals surface area contributed by atoms with Gasteiger partial charge in [-0.1, -0.05) is 35.0 Å². The van der Waals surface area contributed by atoms with E-state index in [2.05, 4.69) is 32.4 Å².